The monoisotopic (exact) mass is 162 g/mol. The fourth-order valence-corrected chi connectivity index (χ4v) is 0.435. The fraction of sp³-hybridized carbons (Fsp3) is 0.600. The summed E-state index contributed by atoms with van der Waals surface area (Å²) in [4.78, 5) is 21.0. The molecule has 6 nitrogen and oxygen atoms in total. The van der Waals surface area contributed by atoms with E-state index in [0.717, 1.165) is 0 Å². The summed E-state index contributed by atoms with van der Waals surface area (Å²) in [6.45, 7) is -0.664. The van der Waals surface area contributed by atoms with E-state index < -0.39 is 11.9 Å². The number of esters is 2. The van der Waals surface area contributed by atoms with Crippen molar-refractivity contribution in [2.45, 2.75) is 0 Å². The molecule has 0 saturated carbocycles. The van der Waals surface area contributed by atoms with E-state index in [2.05, 4.69) is 18.9 Å². The number of ether oxygens (including phenoxy) is 4. The molecule has 0 amide bonds. The van der Waals surface area contributed by atoms with Crippen molar-refractivity contribution in [1.29, 1.82) is 0 Å². The maximum atomic E-state index is 10.5. The average Bonchev–Trinajstić information content (AvgIpc) is 2.07. The lowest BCUT2D eigenvalue weighted by atomic mass is 10.7. The van der Waals surface area contributed by atoms with Gasteiger partial charge in [-0.25, -0.2) is 9.59 Å². The van der Waals surface area contributed by atoms with E-state index in [1.54, 1.807) is 0 Å². The third-order valence-corrected chi connectivity index (χ3v) is 0.880. The summed E-state index contributed by atoms with van der Waals surface area (Å²) in [6.07, 6.45) is 0. The summed E-state index contributed by atoms with van der Waals surface area (Å²) < 4.78 is 17.7. The molecule has 1 rings (SSSR count). The van der Waals surface area contributed by atoms with Crippen molar-refractivity contribution >= 4 is 11.9 Å². The summed E-state index contributed by atoms with van der Waals surface area (Å²) in [5, 5.41) is 0. The molecule has 0 aromatic heterocycles. The quantitative estimate of drug-likeness (QED) is 0.336. The van der Waals surface area contributed by atoms with Crippen LogP contribution in [0, 0.1) is 0 Å². The Morgan fingerprint density at radius 3 is 1.73 bits per heavy atom. The molecule has 0 aromatic carbocycles. The molecule has 62 valence electrons. The van der Waals surface area contributed by atoms with Gasteiger partial charge in [-0.2, -0.15) is 0 Å². The lowest BCUT2D eigenvalue weighted by Crippen LogP contribution is -2.20. The van der Waals surface area contributed by atoms with Gasteiger partial charge in [0.1, 0.15) is 0 Å². The maximum absolute atomic E-state index is 10.5. The normalized spacial score (nSPS) is 20.7. The Kier molecular flexibility index (Phi) is 2.82. The second-order valence-electron chi connectivity index (χ2n) is 1.63. The van der Waals surface area contributed by atoms with E-state index in [9.17, 15) is 9.59 Å². The first-order valence-electron chi connectivity index (χ1n) is 2.80. The minimum absolute atomic E-state index is 0.0689. The number of cyclic esters (lactones) is 2. The SMILES string of the molecule is O=C1OCOCOCOC1=O. The minimum Gasteiger partial charge on any atom is -0.430 e. The third kappa shape index (κ3) is 2.52. The van der Waals surface area contributed by atoms with Crippen molar-refractivity contribution in [3.63, 3.8) is 0 Å². The lowest BCUT2D eigenvalue weighted by molar-refractivity contribution is -0.172. The molecule has 1 heterocycles. The van der Waals surface area contributed by atoms with E-state index >= 15 is 0 Å². The lowest BCUT2D eigenvalue weighted by Gasteiger charge is -1.98. The first-order valence-corrected chi connectivity index (χ1v) is 2.80. The van der Waals surface area contributed by atoms with E-state index in [1.165, 1.54) is 0 Å². The van der Waals surface area contributed by atoms with Crippen molar-refractivity contribution in [2.75, 3.05) is 20.4 Å². The van der Waals surface area contributed by atoms with Crippen LogP contribution in [0.25, 0.3) is 0 Å². The number of carbonyl (C=O) groups is 2. The first-order chi connectivity index (χ1) is 5.30. The van der Waals surface area contributed by atoms with Crippen LogP contribution in [0.3, 0.4) is 0 Å². The highest BCUT2D eigenvalue weighted by Crippen LogP contribution is 1.91. The van der Waals surface area contributed by atoms with Crippen molar-refractivity contribution in [3.05, 3.63) is 0 Å². The van der Waals surface area contributed by atoms with Crippen LogP contribution in [0.2, 0.25) is 0 Å². The van der Waals surface area contributed by atoms with Gasteiger partial charge in [-0.3, -0.25) is 0 Å². The molecule has 0 radical (unpaired) electrons. The highest BCUT2D eigenvalue weighted by atomic mass is 16.8. The fourth-order valence-electron chi connectivity index (χ4n) is 0.435. The van der Waals surface area contributed by atoms with Gasteiger partial charge in [-0.15, -0.1) is 0 Å². The molecule has 1 fully saturated rings. The number of rotatable bonds is 0. The smallest absolute Gasteiger partial charge is 0.419 e. The molecule has 0 bridgehead atoms. The van der Waals surface area contributed by atoms with Gasteiger partial charge >= 0.3 is 11.9 Å². The largest absolute Gasteiger partial charge is 0.430 e. The number of carbonyl (C=O) groups excluding carboxylic acids is 2. The van der Waals surface area contributed by atoms with E-state index in [4.69, 9.17) is 0 Å². The van der Waals surface area contributed by atoms with E-state index in [-0.39, 0.29) is 20.4 Å². The summed E-state index contributed by atoms with van der Waals surface area (Å²) >= 11 is 0. The zero-order valence-electron chi connectivity index (χ0n) is 5.57. The van der Waals surface area contributed by atoms with Crippen LogP contribution >= 0.6 is 0 Å². The van der Waals surface area contributed by atoms with E-state index in [1.807, 2.05) is 0 Å². The van der Waals surface area contributed by atoms with Crippen LogP contribution in [0.5, 0.6) is 0 Å². The standard InChI is InChI=1S/C5H6O6/c6-4-5(7)11-3-9-1-8-2-10-4/h1-3H2. The molecule has 1 saturated heterocycles. The topological polar surface area (TPSA) is 71.1 Å². The van der Waals surface area contributed by atoms with Gasteiger partial charge in [0.25, 0.3) is 0 Å². The van der Waals surface area contributed by atoms with Gasteiger partial charge in [0.05, 0.1) is 0 Å². The van der Waals surface area contributed by atoms with E-state index in [0.29, 0.717) is 0 Å². The highest BCUT2D eigenvalue weighted by molar-refractivity contribution is 6.29. The Bertz CT molecular complexity index is 146. The molecule has 0 spiro atoms. The third-order valence-electron chi connectivity index (χ3n) is 0.880. The average molecular weight is 162 g/mol. The zero-order chi connectivity index (χ0) is 8.10. The second-order valence-corrected chi connectivity index (χ2v) is 1.63. The van der Waals surface area contributed by atoms with Crippen molar-refractivity contribution in [3.8, 4) is 0 Å². The van der Waals surface area contributed by atoms with Gasteiger partial charge in [0.2, 0.25) is 0 Å². The Morgan fingerprint density at radius 1 is 0.818 bits per heavy atom. The molecule has 1 aliphatic rings. The Hall–Kier alpha value is -1.14. The second kappa shape index (κ2) is 3.89. The zero-order valence-corrected chi connectivity index (χ0v) is 5.57. The summed E-state index contributed by atoms with van der Waals surface area (Å²) in [6, 6.07) is 0. The molecule has 0 N–H and O–H groups in total. The molecular formula is C5H6O6. The van der Waals surface area contributed by atoms with Crippen LogP contribution in [0.4, 0.5) is 0 Å². The minimum atomic E-state index is -1.07. The van der Waals surface area contributed by atoms with Crippen LogP contribution in [-0.4, -0.2) is 32.3 Å². The van der Waals surface area contributed by atoms with Crippen LogP contribution < -0.4 is 0 Å². The Morgan fingerprint density at radius 2 is 1.27 bits per heavy atom. The van der Waals surface area contributed by atoms with Gasteiger partial charge in [0, 0.05) is 0 Å². The first kappa shape index (κ1) is 7.96. The summed E-state index contributed by atoms with van der Waals surface area (Å²) in [7, 11) is 0. The molecule has 0 aliphatic carbocycles. The van der Waals surface area contributed by atoms with Crippen LogP contribution in [-0.2, 0) is 28.5 Å². The highest BCUT2D eigenvalue weighted by Gasteiger charge is 2.18. The predicted molar refractivity (Wildman–Crippen MR) is 29.0 cm³/mol. The Balaban J connectivity index is 2.42. The van der Waals surface area contributed by atoms with Crippen molar-refractivity contribution in [2.24, 2.45) is 0 Å². The molecule has 0 aromatic rings. The molecule has 6 heteroatoms. The Labute approximate surface area is 62.0 Å². The molecule has 1 aliphatic heterocycles. The summed E-state index contributed by atoms with van der Waals surface area (Å²) in [5.74, 6) is -2.15. The van der Waals surface area contributed by atoms with Crippen LogP contribution in [0.1, 0.15) is 0 Å². The number of hydrogen-bond acceptors (Lipinski definition) is 6. The van der Waals surface area contributed by atoms with Crippen LogP contribution in [0.15, 0.2) is 0 Å². The maximum Gasteiger partial charge on any atom is 0.419 e. The molecule has 11 heavy (non-hydrogen) atoms. The number of hydrogen-bond donors (Lipinski definition) is 0. The van der Waals surface area contributed by atoms with Gasteiger partial charge in [-0.05, 0) is 0 Å². The van der Waals surface area contributed by atoms with Crippen molar-refractivity contribution < 1.29 is 28.5 Å². The predicted octanol–water partition coefficient (Wildman–Crippen LogP) is -1.01. The molecule has 0 unspecified atom stereocenters. The summed E-state index contributed by atoms with van der Waals surface area (Å²) in [5.41, 5.74) is 0. The molecular weight excluding hydrogens is 156 g/mol. The molecule has 0 atom stereocenters. The van der Waals surface area contributed by atoms with Crippen molar-refractivity contribution in [1.82, 2.24) is 0 Å². The van der Waals surface area contributed by atoms with Gasteiger partial charge in [-0.1, -0.05) is 0 Å². The van der Waals surface area contributed by atoms with Gasteiger partial charge < -0.3 is 18.9 Å². The van der Waals surface area contributed by atoms with Gasteiger partial charge in [0.15, 0.2) is 20.4 Å².